The molecule has 0 N–H and O–H groups in total. The molecule has 0 bridgehead atoms. The zero-order chi connectivity index (χ0) is 40.9. The number of ether oxygens (including phenoxy) is 1. The minimum atomic E-state index is 0.0603. The normalized spacial score (nSPS) is 29.7. The number of allylic oxidation sites excluding steroid dienone is 5. The van der Waals surface area contributed by atoms with Crippen molar-refractivity contribution < 1.29 is 9.53 Å². The zero-order valence-electron chi connectivity index (χ0n) is 39.2. The van der Waals surface area contributed by atoms with E-state index >= 15 is 0 Å². The Morgan fingerprint density at radius 2 is 1.28 bits per heavy atom. The molecule has 0 radical (unpaired) electrons. The van der Waals surface area contributed by atoms with Gasteiger partial charge < -0.3 is 4.74 Å². The van der Waals surface area contributed by atoms with Gasteiger partial charge in [0.1, 0.15) is 6.10 Å². The number of hydrogen-bond donors (Lipinski definition) is 0. The van der Waals surface area contributed by atoms with Crippen molar-refractivity contribution in [1.29, 1.82) is 0 Å². The van der Waals surface area contributed by atoms with E-state index in [0.29, 0.717) is 29.1 Å². The van der Waals surface area contributed by atoms with Gasteiger partial charge in [-0.1, -0.05) is 187 Å². The number of hydrogen-bond acceptors (Lipinski definition) is 2. The highest BCUT2D eigenvalue weighted by Gasteiger charge is 2.59. The summed E-state index contributed by atoms with van der Waals surface area (Å²) < 4.78 is 6.17. The lowest BCUT2D eigenvalue weighted by Gasteiger charge is -2.58. The maximum Gasteiger partial charge on any atom is 0.306 e. The van der Waals surface area contributed by atoms with Crippen LogP contribution in [0.3, 0.4) is 0 Å². The van der Waals surface area contributed by atoms with Crippen molar-refractivity contribution in [1.82, 2.24) is 0 Å². The van der Waals surface area contributed by atoms with Crippen LogP contribution in [0.5, 0.6) is 0 Å². The maximum atomic E-state index is 12.9. The van der Waals surface area contributed by atoms with E-state index in [1.807, 2.05) is 0 Å². The fourth-order valence-electron chi connectivity index (χ4n) is 12.9. The minimum absolute atomic E-state index is 0.0603. The predicted molar refractivity (Wildman–Crippen MR) is 248 cm³/mol. The highest BCUT2D eigenvalue weighted by molar-refractivity contribution is 5.69. The quantitative estimate of drug-likeness (QED) is 0.0429. The van der Waals surface area contributed by atoms with Gasteiger partial charge in [-0.15, -0.1) is 0 Å². The van der Waals surface area contributed by atoms with Crippen molar-refractivity contribution in [3.8, 4) is 0 Å². The summed E-state index contributed by atoms with van der Waals surface area (Å²) in [7, 11) is 0. The van der Waals surface area contributed by atoms with Gasteiger partial charge in [-0.2, -0.15) is 0 Å². The van der Waals surface area contributed by atoms with Crippen LogP contribution in [0.4, 0.5) is 0 Å². The minimum Gasteiger partial charge on any atom is -0.462 e. The number of rotatable bonds is 29. The van der Waals surface area contributed by atoms with Crippen LogP contribution >= 0.6 is 0 Å². The molecule has 4 aliphatic rings. The van der Waals surface area contributed by atoms with Crippen LogP contribution in [-0.2, 0) is 9.53 Å². The van der Waals surface area contributed by atoms with Crippen molar-refractivity contribution in [2.75, 3.05) is 0 Å². The van der Waals surface area contributed by atoms with Crippen LogP contribution in [-0.4, -0.2) is 12.1 Å². The highest BCUT2D eigenvalue weighted by Crippen LogP contribution is 2.67. The zero-order valence-corrected chi connectivity index (χ0v) is 39.2. The summed E-state index contributed by atoms with van der Waals surface area (Å²) in [6.07, 6.45) is 53.2. The maximum absolute atomic E-state index is 12.9. The molecule has 3 fully saturated rings. The summed E-state index contributed by atoms with van der Waals surface area (Å²) in [5.74, 6) is 5.54. The van der Waals surface area contributed by atoms with Gasteiger partial charge in [-0.25, -0.2) is 0 Å². The van der Waals surface area contributed by atoms with Gasteiger partial charge in [0.05, 0.1) is 0 Å². The van der Waals surface area contributed by atoms with Gasteiger partial charge in [-0.05, 0) is 136 Å². The second-order valence-electron chi connectivity index (χ2n) is 21.1. The molecule has 328 valence electrons. The first-order valence-electron chi connectivity index (χ1n) is 25.9. The topological polar surface area (TPSA) is 26.3 Å². The third kappa shape index (κ3) is 15.0. The van der Waals surface area contributed by atoms with E-state index in [0.717, 1.165) is 48.9 Å². The lowest BCUT2D eigenvalue weighted by molar-refractivity contribution is -0.151. The third-order valence-electron chi connectivity index (χ3n) is 16.7. The number of fused-ring (bicyclic) bond motifs is 5. The molecule has 0 aromatic rings. The Balaban J connectivity index is 1.01. The van der Waals surface area contributed by atoms with Crippen molar-refractivity contribution in [3.63, 3.8) is 0 Å². The van der Waals surface area contributed by atoms with Crippen molar-refractivity contribution >= 4 is 5.97 Å². The van der Waals surface area contributed by atoms with Gasteiger partial charge in [0, 0.05) is 12.8 Å². The van der Waals surface area contributed by atoms with Crippen LogP contribution in [0.2, 0.25) is 0 Å². The van der Waals surface area contributed by atoms with Crippen LogP contribution < -0.4 is 0 Å². The molecule has 0 spiro atoms. The summed E-state index contributed by atoms with van der Waals surface area (Å²) in [6.45, 7) is 17.2. The summed E-state index contributed by atoms with van der Waals surface area (Å²) in [6, 6.07) is 0. The van der Waals surface area contributed by atoms with E-state index in [1.54, 1.807) is 5.57 Å². The fourth-order valence-corrected chi connectivity index (χ4v) is 12.9. The lowest BCUT2D eigenvalue weighted by atomic mass is 9.47. The first-order chi connectivity index (χ1) is 27.6. The standard InChI is InChI=1S/C55H96O2/c1-8-10-11-12-13-14-15-16-17-18-19-20-21-22-23-24-25-26-27-28-29-30-31-32-53(56)57-48-39-41-54(6)47(43-48)35-36-49-51-38-37-50(55(51,7)42-40-52(49)54)45(5)33-34-46(9-2)44(3)4/h16-17,33-35,44-46,48-52H,8-15,18-32,36-43H2,1-7H3/b17-16+,34-33+. The van der Waals surface area contributed by atoms with Gasteiger partial charge in [0.2, 0.25) is 0 Å². The molecule has 2 nitrogen and oxygen atoms in total. The average Bonchev–Trinajstić information content (AvgIpc) is 3.55. The van der Waals surface area contributed by atoms with Crippen molar-refractivity contribution in [3.05, 3.63) is 36.0 Å². The molecule has 57 heavy (non-hydrogen) atoms. The van der Waals surface area contributed by atoms with Gasteiger partial charge in [-0.3, -0.25) is 4.79 Å². The molecule has 9 unspecified atom stereocenters. The smallest absolute Gasteiger partial charge is 0.306 e. The highest BCUT2D eigenvalue weighted by atomic mass is 16.5. The van der Waals surface area contributed by atoms with E-state index in [-0.39, 0.29) is 12.1 Å². The molecule has 9 atom stereocenters. The molecular weight excluding hydrogens is 693 g/mol. The molecular formula is C55H96O2. The average molecular weight is 789 g/mol. The largest absolute Gasteiger partial charge is 0.462 e. The fraction of sp³-hybridized carbons (Fsp3) is 0.873. The molecule has 0 aromatic heterocycles. The molecule has 0 amide bonds. The second kappa shape index (κ2) is 26.1. The second-order valence-corrected chi connectivity index (χ2v) is 21.1. The Morgan fingerprint density at radius 1 is 0.702 bits per heavy atom. The molecule has 0 heterocycles. The molecule has 4 aliphatic carbocycles. The molecule has 3 saturated carbocycles. The molecule has 0 aliphatic heterocycles. The van der Waals surface area contributed by atoms with Gasteiger partial charge >= 0.3 is 5.97 Å². The monoisotopic (exact) mass is 789 g/mol. The summed E-state index contributed by atoms with van der Waals surface area (Å²) in [5, 5.41) is 0. The Hall–Kier alpha value is -1.31. The van der Waals surface area contributed by atoms with Crippen LogP contribution in [0.1, 0.15) is 248 Å². The van der Waals surface area contributed by atoms with Crippen LogP contribution in [0, 0.1) is 52.3 Å². The number of unbranched alkanes of at least 4 members (excludes halogenated alkanes) is 19. The molecule has 2 heteroatoms. The summed E-state index contributed by atoms with van der Waals surface area (Å²) >= 11 is 0. The Labute approximate surface area is 356 Å². The number of esters is 1. The Kier molecular flexibility index (Phi) is 22.2. The van der Waals surface area contributed by atoms with E-state index in [9.17, 15) is 4.79 Å². The van der Waals surface area contributed by atoms with Crippen molar-refractivity contribution in [2.45, 2.75) is 254 Å². The third-order valence-corrected chi connectivity index (χ3v) is 16.7. The summed E-state index contributed by atoms with van der Waals surface area (Å²) in [5.41, 5.74) is 2.44. The van der Waals surface area contributed by atoms with Gasteiger partial charge in [0.15, 0.2) is 0 Å². The van der Waals surface area contributed by atoms with Crippen molar-refractivity contribution in [2.24, 2.45) is 52.3 Å². The van der Waals surface area contributed by atoms with Crippen LogP contribution in [0.25, 0.3) is 0 Å². The van der Waals surface area contributed by atoms with E-state index in [2.05, 4.69) is 78.8 Å². The Morgan fingerprint density at radius 3 is 1.86 bits per heavy atom. The van der Waals surface area contributed by atoms with E-state index in [4.69, 9.17) is 4.74 Å². The first-order valence-corrected chi connectivity index (χ1v) is 25.9. The SMILES string of the molecule is CCCCCCCC/C=C/CCCCCCCCCCCCCCCC(=O)OC1CCC2(C)C(=CCC3C2CCC2(C)C(C(C)/C=C/C(CC)C(C)C)CCC32)C1. The molecule has 0 aromatic carbocycles. The van der Waals surface area contributed by atoms with E-state index < -0.39 is 0 Å². The number of carbonyl (C=O) groups is 1. The number of carbonyl (C=O) groups excluding carboxylic acids is 1. The first kappa shape index (κ1) is 48.4. The van der Waals surface area contributed by atoms with Gasteiger partial charge in [0.25, 0.3) is 0 Å². The predicted octanol–water partition coefficient (Wildman–Crippen LogP) is 17.5. The Bertz CT molecular complexity index is 1190. The molecule has 0 saturated heterocycles. The lowest BCUT2D eigenvalue weighted by Crippen LogP contribution is -2.51. The molecule has 4 rings (SSSR count). The van der Waals surface area contributed by atoms with Crippen LogP contribution in [0.15, 0.2) is 36.0 Å². The summed E-state index contributed by atoms with van der Waals surface area (Å²) in [4.78, 5) is 12.9. The van der Waals surface area contributed by atoms with E-state index in [1.165, 1.54) is 173 Å².